The molecule has 0 aliphatic heterocycles. The monoisotopic (exact) mass is 405 g/mol. The van der Waals surface area contributed by atoms with Crippen LogP contribution in [0.15, 0.2) is 47.3 Å². The molecule has 4 aromatic rings. The summed E-state index contributed by atoms with van der Waals surface area (Å²) in [7, 11) is 3.15. The number of fused-ring (bicyclic) bond motifs is 1. The van der Waals surface area contributed by atoms with Crippen LogP contribution in [0, 0.1) is 6.92 Å². The SMILES string of the molecule is COc1cccc(/C=c2/sc3nc(/C=C/c4ccc(C)cc4)nn3c2=O)c1OC. The van der Waals surface area contributed by atoms with Gasteiger partial charge in [0.15, 0.2) is 17.3 Å². The highest BCUT2D eigenvalue weighted by Crippen LogP contribution is 2.31. The quantitative estimate of drug-likeness (QED) is 0.510. The first-order valence-electron chi connectivity index (χ1n) is 8.96. The molecule has 0 saturated carbocycles. The minimum absolute atomic E-state index is 0.211. The van der Waals surface area contributed by atoms with Gasteiger partial charge in [-0.3, -0.25) is 4.79 Å². The molecule has 0 N–H and O–H groups in total. The molecule has 6 nitrogen and oxygen atoms in total. The first kappa shape index (κ1) is 18.9. The number of methoxy groups -OCH3 is 2. The third-order valence-corrected chi connectivity index (χ3v) is 5.38. The van der Waals surface area contributed by atoms with Crippen LogP contribution < -0.4 is 19.6 Å². The standard InChI is InChI=1S/C22H19N3O3S/c1-14-7-9-15(10-8-14)11-12-19-23-22-25(24-19)21(26)18(29-22)13-16-5-4-6-17(27-2)20(16)28-3/h4-13H,1-3H3/b12-11+,18-13+. The van der Waals surface area contributed by atoms with Gasteiger partial charge in [-0.15, -0.1) is 5.10 Å². The van der Waals surface area contributed by atoms with Gasteiger partial charge in [0.1, 0.15) is 0 Å². The van der Waals surface area contributed by atoms with E-state index in [0.717, 1.165) is 11.1 Å². The number of aryl methyl sites for hydroxylation is 1. The summed E-state index contributed by atoms with van der Waals surface area (Å²) in [5, 5.41) is 4.32. The lowest BCUT2D eigenvalue weighted by molar-refractivity contribution is 0.354. The summed E-state index contributed by atoms with van der Waals surface area (Å²) in [5.41, 5.74) is 2.80. The number of nitrogens with zero attached hydrogens (tertiary/aromatic N) is 3. The molecular formula is C22H19N3O3S. The summed E-state index contributed by atoms with van der Waals surface area (Å²) in [6.45, 7) is 2.05. The predicted octanol–water partition coefficient (Wildman–Crippen LogP) is 3.19. The number of ether oxygens (including phenoxy) is 2. The Morgan fingerprint density at radius 1 is 1.03 bits per heavy atom. The molecule has 2 aromatic carbocycles. The maximum Gasteiger partial charge on any atom is 0.291 e. The maximum atomic E-state index is 12.8. The summed E-state index contributed by atoms with van der Waals surface area (Å²) in [6, 6.07) is 13.7. The van der Waals surface area contributed by atoms with Crippen LogP contribution >= 0.6 is 11.3 Å². The predicted molar refractivity (Wildman–Crippen MR) is 116 cm³/mol. The Morgan fingerprint density at radius 3 is 2.52 bits per heavy atom. The second kappa shape index (κ2) is 7.89. The fourth-order valence-corrected chi connectivity index (χ4v) is 3.84. The zero-order chi connectivity index (χ0) is 20.4. The Morgan fingerprint density at radius 2 is 1.83 bits per heavy atom. The van der Waals surface area contributed by atoms with E-state index >= 15 is 0 Å². The first-order valence-corrected chi connectivity index (χ1v) is 9.78. The van der Waals surface area contributed by atoms with Crippen molar-refractivity contribution in [3.63, 3.8) is 0 Å². The lowest BCUT2D eigenvalue weighted by atomic mass is 10.1. The van der Waals surface area contributed by atoms with Crippen molar-refractivity contribution in [1.29, 1.82) is 0 Å². The smallest absolute Gasteiger partial charge is 0.291 e. The Bertz CT molecular complexity index is 1300. The lowest BCUT2D eigenvalue weighted by Crippen LogP contribution is -2.23. The Hall–Kier alpha value is -3.45. The molecule has 0 atom stereocenters. The van der Waals surface area contributed by atoms with E-state index < -0.39 is 0 Å². The molecule has 0 fully saturated rings. The van der Waals surface area contributed by atoms with Gasteiger partial charge in [0.05, 0.1) is 18.8 Å². The van der Waals surface area contributed by atoms with Crippen LogP contribution in [0.5, 0.6) is 11.5 Å². The molecule has 0 aliphatic rings. The third kappa shape index (κ3) is 3.77. The van der Waals surface area contributed by atoms with Crippen LogP contribution in [0.4, 0.5) is 0 Å². The molecule has 0 bridgehead atoms. The minimum atomic E-state index is -0.211. The van der Waals surface area contributed by atoms with Crippen molar-refractivity contribution in [3.8, 4) is 11.5 Å². The molecule has 4 rings (SSSR count). The molecule has 2 aromatic heterocycles. The molecule has 2 heterocycles. The Kier molecular flexibility index (Phi) is 5.14. The van der Waals surface area contributed by atoms with Crippen molar-refractivity contribution in [2.24, 2.45) is 0 Å². The molecule has 0 spiro atoms. The molecule has 0 saturated heterocycles. The van der Waals surface area contributed by atoms with Crippen LogP contribution in [-0.2, 0) is 0 Å². The van der Waals surface area contributed by atoms with Gasteiger partial charge in [0.25, 0.3) is 5.56 Å². The van der Waals surface area contributed by atoms with Crippen LogP contribution in [0.25, 0.3) is 23.2 Å². The van der Waals surface area contributed by atoms with Crippen molar-refractivity contribution in [3.05, 3.63) is 79.9 Å². The Balaban J connectivity index is 1.70. The van der Waals surface area contributed by atoms with E-state index in [-0.39, 0.29) is 5.56 Å². The number of para-hydroxylation sites is 1. The number of rotatable bonds is 5. The summed E-state index contributed by atoms with van der Waals surface area (Å²) < 4.78 is 12.6. The van der Waals surface area contributed by atoms with Gasteiger partial charge in [0, 0.05) is 5.56 Å². The number of thiazole rings is 1. The molecule has 29 heavy (non-hydrogen) atoms. The van der Waals surface area contributed by atoms with Gasteiger partial charge in [-0.1, -0.05) is 59.4 Å². The van der Waals surface area contributed by atoms with Gasteiger partial charge in [0.2, 0.25) is 4.96 Å². The largest absolute Gasteiger partial charge is 0.493 e. The van der Waals surface area contributed by atoms with Crippen molar-refractivity contribution in [1.82, 2.24) is 14.6 Å². The van der Waals surface area contributed by atoms with Crippen molar-refractivity contribution < 1.29 is 9.47 Å². The molecule has 0 amide bonds. The minimum Gasteiger partial charge on any atom is -0.493 e. The van der Waals surface area contributed by atoms with Crippen LogP contribution in [-0.4, -0.2) is 28.8 Å². The van der Waals surface area contributed by atoms with E-state index in [1.807, 2.05) is 55.5 Å². The van der Waals surface area contributed by atoms with E-state index in [1.165, 1.54) is 21.4 Å². The molecule has 146 valence electrons. The highest BCUT2D eigenvalue weighted by Gasteiger charge is 2.11. The number of hydrogen-bond donors (Lipinski definition) is 0. The molecule has 0 unspecified atom stereocenters. The zero-order valence-electron chi connectivity index (χ0n) is 16.2. The third-order valence-electron chi connectivity index (χ3n) is 4.42. The summed E-state index contributed by atoms with van der Waals surface area (Å²) in [6.07, 6.45) is 5.50. The van der Waals surface area contributed by atoms with Crippen LogP contribution in [0.1, 0.15) is 22.5 Å². The van der Waals surface area contributed by atoms with Crippen molar-refractivity contribution in [2.45, 2.75) is 6.92 Å². The van der Waals surface area contributed by atoms with E-state index in [0.29, 0.717) is 26.8 Å². The van der Waals surface area contributed by atoms with E-state index in [1.54, 1.807) is 26.4 Å². The second-order valence-electron chi connectivity index (χ2n) is 6.41. The maximum absolute atomic E-state index is 12.8. The molecule has 0 aliphatic carbocycles. The van der Waals surface area contributed by atoms with Gasteiger partial charge >= 0.3 is 0 Å². The molecule has 7 heteroatoms. The number of benzene rings is 2. The van der Waals surface area contributed by atoms with Crippen LogP contribution in [0.2, 0.25) is 0 Å². The van der Waals surface area contributed by atoms with Gasteiger partial charge in [-0.2, -0.15) is 9.50 Å². The average molecular weight is 405 g/mol. The van der Waals surface area contributed by atoms with Gasteiger partial charge in [-0.05, 0) is 30.7 Å². The van der Waals surface area contributed by atoms with E-state index in [4.69, 9.17) is 9.47 Å². The van der Waals surface area contributed by atoms with Crippen LogP contribution in [0.3, 0.4) is 0 Å². The first-order chi connectivity index (χ1) is 14.1. The summed E-state index contributed by atoms with van der Waals surface area (Å²) in [4.78, 5) is 17.8. The lowest BCUT2D eigenvalue weighted by Gasteiger charge is -2.09. The average Bonchev–Trinajstić information content (AvgIpc) is 3.26. The summed E-state index contributed by atoms with van der Waals surface area (Å²) >= 11 is 1.29. The highest BCUT2D eigenvalue weighted by atomic mass is 32.1. The number of aromatic nitrogens is 3. The number of hydrogen-bond acceptors (Lipinski definition) is 6. The topological polar surface area (TPSA) is 65.7 Å². The zero-order valence-corrected chi connectivity index (χ0v) is 17.1. The molecular weight excluding hydrogens is 386 g/mol. The fraction of sp³-hybridized carbons (Fsp3) is 0.136. The Labute approximate surface area is 171 Å². The normalized spacial score (nSPS) is 12.2. The fourth-order valence-electron chi connectivity index (χ4n) is 2.93. The highest BCUT2D eigenvalue weighted by molar-refractivity contribution is 7.15. The van der Waals surface area contributed by atoms with E-state index in [9.17, 15) is 4.79 Å². The molecule has 0 radical (unpaired) electrons. The van der Waals surface area contributed by atoms with Gasteiger partial charge < -0.3 is 9.47 Å². The van der Waals surface area contributed by atoms with Gasteiger partial charge in [-0.25, -0.2) is 0 Å². The summed E-state index contributed by atoms with van der Waals surface area (Å²) in [5.74, 6) is 1.69. The second-order valence-corrected chi connectivity index (χ2v) is 7.42. The van der Waals surface area contributed by atoms with Crippen molar-refractivity contribution in [2.75, 3.05) is 14.2 Å². The van der Waals surface area contributed by atoms with E-state index in [2.05, 4.69) is 10.1 Å². The van der Waals surface area contributed by atoms with Crippen molar-refractivity contribution >= 4 is 34.5 Å².